The van der Waals surface area contributed by atoms with Crippen molar-refractivity contribution in [1.29, 1.82) is 0 Å². The van der Waals surface area contributed by atoms with Gasteiger partial charge in [0.1, 0.15) is 6.54 Å². The lowest BCUT2D eigenvalue weighted by Crippen LogP contribution is -2.18. The van der Waals surface area contributed by atoms with Crippen LogP contribution in [0.5, 0.6) is 0 Å². The summed E-state index contributed by atoms with van der Waals surface area (Å²) in [7, 11) is 0. The van der Waals surface area contributed by atoms with Gasteiger partial charge in [0.2, 0.25) is 5.91 Å². The third-order valence-corrected chi connectivity index (χ3v) is 2.85. The molecule has 1 aromatic carbocycles. The van der Waals surface area contributed by atoms with Crippen molar-refractivity contribution in [2.24, 2.45) is 5.73 Å². The van der Waals surface area contributed by atoms with Crippen molar-refractivity contribution in [2.75, 3.05) is 0 Å². The molecule has 1 heterocycles. The number of nitrogens with two attached hydrogens (primary N) is 1. The highest BCUT2D eigenvalue weighted by molar-refractivity contribution is 5.99. The van der Waals surface area contributed by atoms with Crippen LogP contribution in [0.1, 0.15) is 22.8 Å². The number of hydrogen-bond donors (Lipinski definition) is 1. The number of aldehydes is 1. The minimum absolute atomic E-state index is 0.0986. The molecule has 0 spiro atoms. The summed E-state index contributed by atoms with van der Waals surface area (Å²) >= 11 is 0. The Morgan fingerprint density at radius 2 is 2.24 bits per heavy atom. The van der Waals surface area contributed by atoms with E-state index in [9.17, 15) is 9.59 Å². The Labute approximate surface area is 99.0 Å². The lowest BCUT2D eigenvalue weighted by Gasteiger charge is -2.06. The van der Waals surface area contributed by atoms with Gasteiger partial charge in [0.25, 0.3) is 0 Å². The Balaban J connectivity index is 2.73. The van der Waals surface area contributed by atoms with Crippen LogP contribution in [-0.2, 0) is 17.8 Å². The van der Waals surface area contributed by atoms with E-state index < -0.39 is 5.91 Å². The minimum Gasteiger partial charge on any atom is -0.368 e. The number of rotatable bonds is 4. The molecule has 1 aromatic heterocycles. The molecule has 0 bridgehead atoms. The van der Waals surface area contributed by atoms with E-state index >= 15 is 0 Å². The van der Waals surface area contributed by atoms with E-state index in [0.29, 0.717) is 5.56 Å². The number of primary amides is 1. The maximum Gasteiger partial charge on any atom is 0.237 e. The van der Waals surface area contributed by atoms with Crippen LogP contribution in [0.15, 0.2) is 24.4 Å². The van der Waals surface area contributed by atoms with Crippen molar-refractivity contribution >= 4 is 23.1 Å². The number of para-hydroxylation sites is 1. The van der Waals surface area contributed by atoms with Gasteiger partial charge < -0.3 is 10.3 Å². The predicted molar refractivity (Wildman–Crippen MR) is 65.9 cm³/mol. The van der Waals surface area contributed by atoms with Crippen molar-refractivity contribution in [3.63, 3.8) is 0 Å². The van der Waals surface area contributed by atoms with Crippen LogP contribution in [0.25, 0.3) is 10.9 Å². The first-order valence-electron chi connectivity index (χ1n) is 5.51. The molecule has 0 atom stereocenters. The molecule has 0 saturated heterocycles. The molecule has 0 radical (unpaired) electrons. The van der Waals surface area contributed by atoms with E-state index in [0.717, 1.165) is 29.2 Å². The van der Waals surface area contributed by atoms with Crippen LogP contribution < -0.4 is 5.73 Å². The van der Waals surface area contributed by atoms with E-state index in [1.54, 1.807) is 10.8 Å². The normalized spacial score (nSPS) is 10.6. The highest BCUT2D eigenvalue weighted by Crippen LogP contribution is 2.24. The second-order valence-electron chi connectivity index (χ2n) is 3.96. The summed E-state index contributed by atoms with van der Waals surface area (Å²) in [6, 6.07) is 5.80. The van der Waals surface area contributed by atoms with Gasteiger partial charge in [0.15, 0.2) is 6.29 Å². The minimum atomic E-state index is -0.412. The first-order chi connectivity index (χ1) is 8.17. The van der Waals surface area contributed by atoms with E-state index in [4.69, 9.17) is 5.73 Å². The molecule has 2 aromatic rings. The Morgan fingerprint density at radius 1 is 1.47 bits per heavy atom. The summed E-state index contributed by atoms with van der Waals surface area (Å²) < 4.78 is 1.75. The third kappa shape index (κ3) is 1.93. The monoisotopic (exact) mass is 230 g/mol. The van der Waals surface area contributed by atoms with Gasteiger partial charge in [-0.15, -0.1) is 0 Å². The first-order valence-corrected chi connectivity index (χ1v) is 5.51. The molecule has 4 nitrogen and oxygen atoms in total. The van der Waals surface area contributed by atoms with Gasteiger partial charge >= 0.3 is 0 Å². The molecule has 0 aliphatic heterocycles. The maximum atomic E-state index is 11.0. The van der Waals surface area contributed by atoms with Gasteiger partial charge in [-0.2, -0.15) is 0 Å². The Kier molecular flexibility index (Phi) is 2.95. The lowest BCUT2D eigenvalue weighted by molar-refractivity contribution is -0.118. The molecule has 17 heavy (non-hydrogen) atoms. The standard InChI is InChI=1S/C13H14N2O2/c1-2-9-4-3-5-11-10(8-16)6-15(13(9)11)7-12(14)17/h3-6,8H,2,7H2,1H3,(H2,14,17). The molecule has 88 valence electrons. The van der Waals surface area contributed by atoms with E-state index in [2.05, 4.69) is 0 Å². The van der Waals surface area contributed by atoms with Crippen LogP contribution >= 0.6 is 0 Å². The van der Waals surface area contributed by atoms with Crippen LogP contribution in [0, 0.1) is 0 Å². The van der Waals surface area contributed by atoms with Crippen LogP contribution in [0.2, 0.25) is 0 Å². The molecular formula is C13H14N2O2. The Morgan fingerprint density at radius 3 is 2.82 bits per heavy atom. The molecule has 0 aliphatic rings. The predicted octanol–water partition coefficient (Wildman–Crippen LogP) is 1.50. The van der Waals surface area contributed by atoms with Crippen molar-refractivity contribution < 1.29 is 9.59 Å². The molecule has 0 saturated carbocycles. The number of nitrogens with zero attached hydrogens (tertiary/aromatic N) is 1. The number of aryl methyl sites for hydroxylation is 1. The number of fused-ring (bicyclic) bond motifs is 1. The van der Waals surface area contributed by atoms with Gasteiger partial charge in [-0.05, 0) is 12.0 Å². The number of carbonyl (C=O) groups excluding carboxylic acids is 2. The summed E-state index contributed by atoms with van der Waals surface area (Å²) in [5, 5.41) is 0.876. The second-order valence-corrected chi connectivity index (χ2v) is 3.96. The summed E-state index contributed by atoms with van der Waals surface area (Å²) in [5.74, 6) is -0.412. The fourth-order valence-electron chi connectivity index (χ4n) is 2.14. The average Bonchev–Trinajstić information content (AvgIpc) is 2.66. The zero-order valence-corrected chi connectivity index (χ0v) is 9.64. The summed E-state index contributed by atoms with van der Waals surface area (Å²) in [5.41, 5.74) is 7.84. The number of hydrogen-bond acceptors (Lipinski definition) is 2. The fourth-order valence-corrected chi connectivity index (χ4v) is 2.14. The van der Waals surface area contributed by atoms with Gasteiger partial charge in [-0.3, -0.25) is 9.59 Å². The number of amides is 1. The van der Waals surface area contributed by atoms with Gasteiger partial charge in [0, 0.05) is 17.1 Å². The highest BCUT2D eigenvalue weighted by Gasteiger charge is 2.11. The first kappa shape index (κ1) is 11.4. The van der Waals surface area contributed by atoms with E-state index in [1.165, 1.54) is 0 Å². The second kappa shape index (κ2) is 4.41. The van der Waals surface area contributed by atoms with Crippen LogP contribution in [0.3, 0.4) is 0 Å². The summed E-state index contributed by atoms with van der Waals surface area (Å²) in [6.07, 6.45) is 3.33. The third-order valence-electron chi connectivity index (χ3n) is 2.85. The van der Waals surface area contributed by atoms with Crippen molar-refractivity contribution in [1.82, 2.24) is 4.57 Å². The molecule has 0 unspecified atom stereocenters. The zero-order chi connectivity index (χ0) is 12.4. The Hall–Kier alpha value is -2.10. The summed E-state index contributed by atoms with van der Waals surface area (Å²) in [4.78, 5) is 22.0. The largest absolute Gasteiger partial charge is 0.368 e. The quantitative estimate of drug-likeness (QED) is 0.809. The van der Waals surface area contributed by atoms with Crippen molar-refractivity contribution in [3.8, 4) is 0 Å². The molecular weight excluding hydrogens is 216 g/mol. The smallest absolute Gasteiger partial charge is 0.237 e. The van der Waals surface area contributed by atoms with Gasteiger partial charge in [0.05, 0.1) is 5.52 Å². The van der Waals surface area contributed by atoms with Gasteiger partial charge in [-0.25, -0.2) is 0 Å². The van der Waals surface area contributed by atoms with Crippen LogP contribution in [-0.4, -0.2) is 16.8 Å². The van der Waals surface area contributed by atoms with Gasteiger partial charge in [-0.1, -0.05) is 25.1 Å². The maximum absolute atomic E-state index is 11.0. The molecule has 1 amide bonds. The molecule has 4 heteroatoms. The molecule has 0 aliphatic carbocycles. The number of carbonyl (C=O) groups is 2. The molecule has 0 fully saturated rings. The van der Waals surface area contributed by atoms with Crippen LogP contribution in [0.4, 0.5) is 0 Å². The zero-order valence-electron chi connectivity index (χ0n) is 9.64. The molecule has 2 rings (SSSR count). The Bertz CT molecular complexity index is 584. The fraction of sp³-hybridized carbons (Fsp3) is 0.231. The molecule has 2 N–H and O–H groups in total. The topological polar surface area (TPSA) is 65.1 Å². The van der Waals surface area contributed by atoms with Crippen molar-refractivity contribution in [3.05, 3.63) is 35.5 Å². The van der Waals surface area contributed by atoms with Crippen molar-refractivity contribution in [2.45, 2.75) is 19.9 Å². The SMILES string of the molecule is CCc1cccc2c(C=O)cn(CC(N)=O)c12. The number of aromatic nitrogens is 1. The number of benzene rings is 1. The van der Waals surface area contributed by atoms with E-state index in [-0.39, 0.29) is 6.54 Å². The average molecular weight is 230 g/mol. The highest BCUT2D eigenvalue weighted by atomic mass is 16.1. The lowest BCUT2D eigenvalue weighted by atomic mass is 10.1. The summed E-state index contributed by atoms with van der Waals surface area (Å²) in [6.45, 7) is 2.14. The van der Waals surface area contributed by atoms with E-state index in [1.807, 2.05) is 25.1 Å².